The highest BCUT2D eigenvalue weighted by Crippen LogP contribution is 2.37. The molecule has 0 bridgehead atoms. The van der Waals surface area contributed by atoms with Crippen LogP contribution in [0, 0.1) is 0 Å². The number of aryl methyl sites for hydroxylation is 2. The molecule has 0 unspecified atom stereocenters. The lowest BCUT2D eigenvalue weighted by molar-refractivity contribution is -0.114. The van der Waals surface area contributed by atoms with Gasteiger partial charge in [0.15, 0.2) is 5.82 Å². The van der Waals surface area contributed by atoms with Gasteiger partial charge in [0.1, 0.15) is 5.82 Å². The number of benzene rings is 1. The summed E-state index contributed by atoms with van der Waals surface area (Å²) in [4.78, 5) is 18.0. The maximum absolute atomic E-state index is 11.2. The van der Waals surface area contributed by atoms with Gasteiger partial charge in [-0.2, -0.15) is 5.10 Å². The first-order valence-electron chi connectivity index (χ1n) is 11.5. The normalized spacial score (nSPS) is 13.2. The molecule has 2 aromatic heterocycles. The Hall–Kier alpha value is -3.19. The molecule has 1 aromatic carbocycles. The van der Waals surface area contributed by atoms with Crippen molar-refractivity contribution in [2.45, 2.75) is 53.0 Å². The lowest BCUT2D eigenvalue weighted by atomic mass is 9.96. The average molecular weight is 433 g/mol. The fourth-order valence-corrected chi connectivity index (χ4v) is 4.32. The molecular formula is C25H32N6O. The Bertz CT molecular complexity index is 1070. The number of nitrogens with one attached hydrogen (secondary N) is 3. The summed E-state index contributed by atoms with van der Waals surface area (Å²) in [5.41, 5.74) is 7.25. The Morgan fingerprint density at radius 3 is 2.75 bits per heavy atom. The SMILES string of the molecule is CCCc1[nH]nc(N2CCCc3cc(-c4ccc(NC(C)=O)nc4)ccc32)c1CNCC. The highest BCUT2D eigenvalue weighted by atomic mass is 16.1. The van der Waals surface area contributed by atoms with Gasteiger partial charge in [0.05, 0.1) is 0 Å². The van der Waals surface area contributed by atoms with E-state index in [1.807, 2.05) is 18.3 Å². The Morgan fingerprint density at radius 1 is 1.19 bits per heavy atom. The van der Waals surface area contributed by atoms with Crippen LogP contribution >= 0.6 is 0 Å². The zero-order valence-electron chi connectivity index (χ0n) is 19.2. The Morgan fingerprint density at radius 2 is 2.03 bits per heavy atom. The molecule has 168 valence electrons. The van der Waals surface area contributed by atoms with Crippen molar-refractivity contribution >= 4 is 23.2 Å². The third-order valence-corrected chi connectivity index (χ3v) is 5.84. The van der Waals surface area contributed by atoms with Crippen LogP contribution in [0.15, 0.2) is 36.5 Å². The highest BCUT2D eigenvalue weighted by Gasteiger charge is 2.24. The molecule has 1 aliphatic heterocycles. The van der Waals surface area contributed by atoms with Crippen molar-refractivity contribution in [1.82, 2.24) is 20.5 Å². The summed E-state index contributed by atoms with van der Waals surface area (Å²) in [5, 5.41) is 14.2. The third kappa shape index (κ3) is 4.67. The predicted molar refractivity (Wildman–Crippen MR) is 129 cm³/mol. The topological polar surface area (TPSA) is 85.9 Å². The molecule has 0 fully saturated rings. The third-order valence-electron chi connectivity index (χ3n) is 5.84. The molecule has 3 heterocycles. The van der Waals surface area contributed by atoms with Crippen molar-refractivity contribution in [2.24, 2.45) is 0 Å². The van der Waals surface area contributed by atoms with Crippen LogP contribution in [0.25, 0.3) is 11.1 Å². The number of hydrogen-bond donors (Lipinski definition) is 3. The number of carbonyl (C=O) groups excluding carboxylic acids is 1. The number of aromatic amines is 1. The largest absolute Gasteiger partial charge is 0.324 e. The molecule has 32 heavy (non-hydrogen) atoms. The second-order valence-corrected chi connectivity index (χ2v) is 8.25. The summed E-state index contributed by atoms with van der Waals surface area (Å²) in [6.07, 6.45) is 6.05. The second kappa shape index (κ2) is 9.96. The van der Waals surface area contributed by atoms with E-state index >= 15 is 0 Å². The summed E-state index contributed by atoms with van der Waals surface area (Å²) in [6.45, 7) is 8.55. The van der Waals surface area contributed by atoms with E-state index in [4.69, 9.17) is 5.10 Å². The van der Waals surface area contributed by atoms with Crippen molar-refractivity contribution in [3.63, 3.8) is 0 Å². The van der Waals surface area contributed by atoms with Crippen LogP contribution in [0.4, 0.5) is 17.3 Å². The van der Waals surface area contributed by atoms with Gasteiger partial charge in [-0.3, -0.25) is 9.89 Å². The van der Waals surface area contributed by atoms with Crippen LogP contribution in [0.1, 0.15) is 50.4 Å². The molecule has 3 aromatic rings. The average Bonchev–Trinajstić information content (AvgIpc) is 3.19. The number of rotatable bonds is 8. The van der Waals surface area contributed by atoms with Crippen LogP contribution in [-0.4, -0.2) is 34.2 Å². The van der Waals surface area contributed by atoms with E-state index in [0.717, 1.165) is 62.3 Å². The minimum Gasteiger partial charge on any atom is -0.324 e. The summed E-state index contributed by atoms with van der Waals surface area (Å²) in [7, 11) is 0. The van der Waals surface area contributed by atoms with E-state index in [-0.39, 0.29) is 5.91 Å². The molecule has 0 radical (unpaired) electrons. The van der Waals surface area contributed by atoms with Crippen LogP contribution < -0.4 is 15.5 Å². The van der Waals surface area contributed by atoms with Crippen molar-refractivity contribution in [2.75, 3.05) is 23.3 Å². The lowest BCUT2D eigenvalue weighted by Gasteiger charge is -2.31. The van der Waals surface area contributed by atoms with Crippen LogP contribution in [0.3, 0.4) is 0 Å². The second-order valence-electron chi connectivity index (χ2n) is 8.25. The van der Waals surface area contributed by atoms with Gasteiger partial charge < -0.3 is 15.5 Å². The van der Waals surface area contributed by atoms with E-state index in [1.165, 1.54) is 29.4 Å². The van der Waals surface area contributed by atoms with E-state index in [1.54, 1.807) is 0 Å². The van der Waals surface area contributed by atoms with Crippen LogP contribution in [-0.2, 0) is 24.2 Å². The Balaban J connectivity index is 1.63. The summed E-state index contributed by atoms with van der Waals surface area (Å²) < 4.78 is 0. The van der Waals surface area contributed by atoms with E-state index in [0.29, 0.717) is 5.82 Å². The van der Waals surface area contributed by atoms with Gasteiger partial charge in [-0.05, 0) is 61.2 Å². The molecule has 4 rings (SSSR count). The standard InChI is InChI=1S/C25H32N6O/c1-4-7-22-21(16-26-5-2)25(30-29-22)31-13-6-8-19-14-18(9-11-23(19)31)20-10-12-24(27-15-20)28-17(3)32/h9-12,14-15,26H,4-8,13,16H2,1-3H3,(H,29,30)(H,27,28,32). The van der Waals surface area contributed by atoms with E-state index in [2.05, 4.69) is 57.7 Å². The summed E-state index contributed by atoms with van der Waals surface area (Å²) in [6, 6.07) is 10.5. The first-order valence-corrected chi connectivity index (χ1v) is 11.5. The Kier molecular flexibility index (Phi) is 6.85. The van der Waals surface area contributed by atoms with Crippen molar-refractivity contribution in [1.29, 1.82) is 0 Å². The number of fused-ring (bicyclic) bond motifs is 1. The number of carbonyl (C=O) groups is 1. The van der Waals surface area contributed by atoms with Crippen LogP contribution in [0.5, 0.6) is 0 Å². The number of aromatic nitrogens is 3. The summed E-state index contributed by atoms with van der Waals surface area (Å²) in [5.74, 6) is 1.50. The number of hydrogen-bond acceptors (Lipinski definition) is 5. The number of pyridine rings is 1. The Labute approximate surface area is 189 Å². The number of H-pyrrole nitrogens is 1. The fourth-order valence-electron chi connectivity index (χ4n) is 4.32. The molecule has 1 aliphatic rings. The number of amides is 1. The molecule has 0 saturated carbocycles. The zero-order chi connectivity index (χ0) is 22.5. The molecule has 0 spiro atoms. The highest BCUT2D eigenvalue weighted by molar-refractivity contribution is 5.87. The van der Waals surface area contributed by atoms with Gasteiger partial charge in [0, 0.05) is 48.7 Å². The first kappa shape index (κ1) is 22.0. The zero-order valence-corrected chi connectivity index (χ0v) is 19.2. The van der Waals surface area contributed by atoms with Crippen LogP contribution in [0.2, 0.25) is 0 Å². The van der Waals surface area contributed by atoms with Crippen molar-refractivity contribution < 1.29 is 4.79 Å². The van der Waals surface area contributed by atoms with E-state index < -0.39 is 0 Å². The molecule has 1 amide bonds. The first-order chi connectivity index (χ1) is 15.6. The van der Waals surface area contributed by atoms with Gasteiger partial charge in [-0.1, -0.05) is 26.3 Å². The fraction of sp³-hybridized carbons (Fsp3) is 0.400. The van der Waals surface area contributed by atoms with Gasteiger partial charge in [-0.25, -0.2) is 4.98 Å². The molecule has 7 nitrogen and oxygen atoms in total. The van der Waals surface area contributed by atoms with Crippen molar-refractivity contribution in [3.05, 3.63) is 53.3 Å². The maximum atomic E-state index is 11.2. The number of anilines is 3. The van der Waals surface area contributed by atoms with Gasteiger partial charge in [0.2, 0.25) is 5.91 Å². The molecule has 7 heteroatoms. The quantitative estimate of drug-likeness (QED) is 0.485. The predicted octanol–water partition coefficient (Wildman–Crippen LogP) is 4.58. The minimum absolute atomic E-state index is 0.118. The van der Waals surface area contributed by atoms with Gasteiger partial charge in [0.25, 0.3) is 0 Å². The van der Waals surface area contributed by atoms with Gasteiger partial charge in [-0.15, -0.1) is 0 Å². The molecule has 0 atom stereocenters. The number of nitrogens with zero attached hydrogens (tertiary/aromatic N) is 3. The molecule has 0 aliphatic carbocycles. The molecule has 0 saturated heterocycles. The molecular weight excluding hydrogens is 400 g/mol. The minimum atomic E-state index is -0.118. The molecule has 3 N–H and O–H groups in total. The summed E-state index contributed by atoms with van der Waals surface area (Å²) >= 11 is 0. The lowest BCUT2D eigenvalue weighted by Crippen LogP contribution is -2.26. The maximum Gasteiger partial charge on any atom is 0.222 e. The monoisotopic (exact) mass is 432 g/mol. The van der Waals surface area contributed by atoms with E-state index in [9.17, 15) is 4.79 Å². The van der Waals surface area contributed by atoms with Crippen molar-refractivity contribution in [3.8, 4) is 11.1 Å². The van der Waals surface area contributed by atoms with Gasteiger partial charge >= 0.3 is 0 Å². The smallest absolute Gasteiger partial charge is 0.222 e.